The molecular formula is C28H24F3NO4. The van der Waals surface area contributed by atoms with Gasteiger partial charge in [0.1, 0.15) is 29.5 Å². The largest absolute Gasteiger partial charge is 0.488 e. The Bertz CT molecular complexity index is 1380. The first-order valence-corrected chi connectivity index (χ1v) is 11.1. The van der Waals surface area contributed by atoms with Gasteiger partial charge in [-0.1, -0.05) is 23.8 Å². The molecule has 0 aliphatic heterocycles. The molecule has 36 heavy (non-hydrogen) atoms. The summed E-state index contributed by atoms with van der Waals surface area (Å²) < 4.78 is 56.3. The van der Waals surface area contributed by atoms with Crippen LogP contribution in [0.25, 0.3) is 16.9 Å². The first-order valence-electron chi connectivity index (χ1n) is 11.1. The summed E-state index contributed by atoms with van der Waals surface area (Å²) in [5.74, 6) is -0.780. The molecule has 186 valence electrons. The van der Waals surface area contributed by atoms with E-state index in [1.807, 2.05) is 48.7 Å². The molecule has 0 bridgehead atoms. The van der Waals surface area contributed by atoms with Gasteiger partial charge >= 0.3 is 12.6 Å². The van der Waals surface area contributed by atoms with Gasteiger partial charge in [-0.2, -0.15) is 8.78 Å². The number of nitrogens with zero attached hydrogens (tertiary/aromatic N) is 1. The van der Waals surface area contributed by atoms with E-state index in [0.29, 0.717) is 11.4 Å². The molecule has 1 heterocycles. The van der Waals surface area contributed by atoms with Crippen molar-refractivity contribution in [3.05, 3.63) is 101 Å². The maximum absolute atomic E-state index is 13.3. The summed E-state index contributed by atoms with van der Waals surface area (Å²) in [6.45, 7) is 0.998. The third-order valence-electron chi connectivity index (χ3n) is 5.64. The van der Waals surface area contributed by atoms with Crippen LogP contribution in [0.15, 0.2) is 72.8 Å². The SMILES string of the molecule is COC(=O)c1cc(-n2c(C)ccc2-c2cc(C)ccc2OCc2ccc(F)cc2)ccc1OC(F)F. The van der Waals surface area contributed by atoms with Crippen molar-refractivity contribution in [3.63, 3.8) is 0 Å². The van der Waals surface area contributed by atoms with Crippen molar-refractivity contribution in [2.45, 2.75) is 27.1 Å². The van der Waals surface area contributed by atoms with E-state index >= 15 is 0 Å². The average Bonchev–Trinajstić information content (AvgIpc) is 3.24. The van der Waals surface area contributed by atoms with E-state index in [2.05, 4.69) is 4.74 Å². The topological polar surface area (TPSA) is 49.7 Å². The maximum Gasteiger partial charge on any atom is 0.387 e. The molecule has 8 heteroatoms. The number of alkyl halides is 2. The molecule has 3 aromatic carbocycles. The highest BCUT2D eigenvalue weighted by Crippen LogP contribution is 2.36. The molecule has 0 aliphatic carbocycles. The third-order valence-corrected chi connectivity index (χ3v) is 5.64. The molecule has 0 amide bonds. The van der Waals surface area contributed by atoms with Gasteiger partial charge in [0.05, 0.1) is 12.8 Å². The summed E-state index contributed by atoms with van der Waals surface area (Å²) >= 11 is 0. The lowest BCUT2D eigenvalue weighted by molar-refractivity contribution is -0.0504. The number of hydrogen-bond donors (Lipinski definition) is 0. The number of benzene rings is 3. The number of aryl methyl sites for hydroxylation is 2. The number of esters is 1. The van der Waals surface area contributed by atoms with Gasteiger partial charge in [0.25, 0.3) is 0 Å². The maximum atomic E-state index is 13.3. The van der Waals surface area contributed by atoms with E-state index in [4.69, 9.17) is 9.47 Å². The van der Waals surface area contributed by atoms with Crippen LogP contribution in [0, 0.1) is 19.7 Å². The fraction of sp³-hybridized carbons (Fsp3) is 0.179. The number of carbonyl (C=O) groups is 1. The minimum atomic E-state index is -3.09. The van der Waals surface area contributed by atoms with Crippen molar-refractivity contribution >= 4 is 5.97 Å². The van der Waals surface area contributed by atoms with Crippen LogP contribution in [0.5, 0.6) is 11.5 Å². The van der Waals surface area contributed by atoms with Crippen molar-refractivity contribution in [3.8, 4) is 28.4 Å². The van der Waals surface area contributed by atoms with Crippen molar-refractivity contribution in [1.29, 1.82) is 0 Å². The molecular weight excluding hydrogens is 471 g/mol. The molecule has 4 aromatic rings. The van der Waals surface area contributed by atoms with E-state index in [1.165, 1.54) is 31.4 Å². The van der Waals surface area contributed by atoms with Crippen LogP contribution in [0.1, 0.15) is 27.2 Å². The number of methoxy groups -OCH3 is 1. The smallest absolute Gasteiger partial charge is 0.387 e. The molecule has 5 nitrogen and oxygen atoms in total. The number of carbonyl (C=O) groups excluding carboxylic acids is 1. The second-order valence-electron chi connectivity index (χ2n) is 8.16. The van der Waals surface area contributed by atoms with Gasteiger partial charge in [0.2, 0.25) is 0 Å². The zero-order valence-electron chi connectivity index (χ0n) is 19.9. The van der Waals surface area contributed by atoms with Gasteiger partial charge in [0.15, 0.2) is 0 Å². The molecule has 4 rings (SSSR count). The lowest BCUT2D eigenvalue weighted by atomic mass is 10.1. The number of halogens is 3. The Hall–Kier alpha value is -4.20. The van der Waals surface area contributed by atoms with Gasteiger partial charge in [-0.25, -0.2) is 9.18 Å². The Balaban J connectivity index is 1.77. The van der Waals surface area contributed by atoms with E-state index in [9.17, 15) is 18.0 Å². The Kier molecular flexibility index (Phi) is 7.33. The third kappa shape index (κ3) is 5.38. The van der Waals surface area contributed by atoms with E-state index in [0.717, 1.165) is 28.1 Å². The highest BCUT2D eigenvalue weighted by molar-refractivity contribution is 5.93. The van der Waals surface area contributed by atoms with Crippen molar-refractivity contribution in [2.75, 3.05) is 7.11 Å². The molecule has 0 saturated carbocycles. The molecule has 0 N–H and O–H groups in total. The van der Waals surface area contributed by atoms with Crippen LogP contribution in [0.3, 0.4) is 0 Å². The Morgan fingerprint density at radius 3 is 2.33 bits per heavy atom. The van der Waals surface area contributed by atoms with Crippen LogP contribution in [-0.2, 0) is 11.3 Å². The van der Waals surface area contributed by atoms with Crippen LogP contribution in [0.2, 0.25) is 0 Å². The van der Waals surface area contributed by atoms with Crippen LogP contribution >= 0.6 is 0 Å². The van der Waals surface area contributed by atoms with Gasteiger partial charge in [-0.15, -0.1) is 0 Å². The molecule has 0 spiro atoms. The normalized spacial score (nSPS) is 11.0. The number of ether oxygens (including phenoxy) is 3. The predicted molar refractivity (Wildman–Crippen MR) is 129 cm³/mol. The van der Waals surface area contributed by atoms with Crippen LogP contribution < -0.4 is 9.47 Å². The highest BCUT2D eigenvalue weighted by Gasteiger charge is 2.20. The highest BCUT2D eigenvalue weighted by atomic mass is 19.3. The van der Waals surface area contributed by atoms with Gasteiger partial charge in [0, 0.05) is 16.9 Å². The van der Waals surface area contributed by atoms with E-state index in [1.54, 1.807) is 18.2 Å². The van der Waals surface area contributed by atoms with E-state index in [-0.39, 0.29) is 23.7 Å². The number of aromatic nitrogens is 1. The second-order valence-corrected chi connectivity index (χ2v) is 8.16. The first kappa shape index (κ1) is 24.9. The summed E-state index contributed by atoms with van der Waals surface area (Å²) in [4.78, 5) is 12.3. The van der Waals surface area contributed by atoms with Crippen molar-refractivity contribution < 1.29 is 32.2 Å². The van der Waals surface area contributed by atoms with Gasteiger partial charge < -0.3 is 18.8 Å². The van der Waals surface area contributed by atoms with Crippen molar-refractivity contribution in [2.24, 2.45) is 0 Å². The Morgan fingerprint density at radius 1 is 0.917 bits per heavy atom. The zero-order chi connectivity index (χ0) is 25.8. The van der Waals surface area contributed by atoms with Gasteiger partial charge in [-0.3, -0.25) is 0 Å². The lowest BCUT2D eigenvalue weighted by Crippen LogP contribution is -2.11. The van der Waals surface area contributed by atoms with Crippen LogP contribution in [0.4, 0.5) is 13.2 Å². The molecule has 0 fully saturated rings. The zero-order valence-corrected chi connectivity index (χ0v) is 19.9. The Labute approximate surface area is 206 Å². The summed E-state index contributed by atoms with van der Waals surface area (Å²) in [5, 5.41) is 0. The predicted octanol–water partition coefficient (Wildman–Crippen LogP) is 6.87. The minimum absolute atomic E-state index is 0.119. The summed E-state index contributed by atoms with van der Waals surface area (Å²) in [6, 6.07) is 20.0. The monoisotopic (exact) mass is 495 g/mol. The summed E-state index contributed by atoms with van der Waals surface area (Å²) in [6.07, 6.45) is 0. The molecule has 0 radical (unpaired) electrons. The number of rotatable bonds is 8. The van der Waals surface area contributed by atoms with Crippen LogP contribution in [-0.4, -0.2) is 24.3 Å². The summed E-state index contributed by atoms with van der Waals surface area (Å²) in [5.41, 5.74) is 4.65. The molecule has 0 saturated heterocycles. The second kappa shape index (κ2) is 10.6. The quantitative estimate of drug-likeness (QED) is 0.251. The average molecular weight is 495 g/mol. The number of hydrogen-bond acceptors (Lipinski definition) is 4. The summed E-state index contributed by atoms with van der Waals surface area (Å²) in [7, 11) is 1.17. The first-order chi connectivity index (χ1) is 17.3. The van der Waals surface area contributed by atoms with Gasteiger partial charge in [-0.05, 0) is 74.0 Å². The molecule has 0 atom stereocenters. The molecule has 0 aliphatic rings. The van der Waals surface area contributed by atoms with E-state index < -0.39 is 12.6 Å². The Morgan fingerprint density at radius 2 is 1.64 bits per heavy atom. The molecule has 1 aromatic heterocycles. The molecule has 0 unspecified atom stereocenters. The van der Waals surface area contributed by atoms with Crippen molar-refractivity contribution in [1.82, 2.24) is 4.57 Å². The fourth-order valence-electron chi connectivity index (χ4n) is 3.93. The minimum Gasteiger partial charge on any atom is -0.488 e. The fourth-order valence-corrected chi connectivity index (χ4v) is 3.93. The standard InChI is InChI=1S/C28H24F3NO4/c1-17-4-12-25(35-16-19-6-8-20(29)9-7-19)22(14-17)24-11-5-18(2)32(24)21-10-13-26(36-28(30)31)23(15-21)27(33)34-3/h4-15,28H,16H2,1-3H3. The lowest BCUT2D eigenvalue weighted by Gasteiger charge is -2.18.